The van der Waals surface area contributed by atoms with Crippen molar-refractivity contribution in [1.82, 2.24) is 4.90 Å². The van der Waals surface area contributed by atoms with E-state index in [0.717, 1.165) is 22.6 Å². The highest BCUT2D eigenvalue weighted by molar-refractivity contribution is 9.10. The van der Waals surface area contributed by atoms with E-state index in [-0.39, 0.29) is 0 Å². The van der Waals surface area contributed by atoms with Crippen molar-refractivity contribution in [2.75, 3.05) is 18.8 Å². The lowest BCUT2D eigenvalue weighted by molar-refractivity contribution is 0.172. The number of rotatable bonds is 4. The lowest BCUT2D eigenvalue weighted by Gasteiger charge is -2.32. The van der Waals surface area contributed by atoms with E-state index < -0.39 is 0 Å². The highest BCUT2D eigenvalue weighted by Crippen LogP contribution is 2.25. The molecule has 100 valence electrons. The van der Waals surface area contributed by atoms with Crippen LogP contribution in [0.1, 0.15) is 38.2 Å². The third kappa shape index (κ3) is 3.72. The first-order chi connectivity index (χ1) is 8.69. The molecule has 0 atom stereocenters. The van der Waals surface area contributed by atoms with Crippen LogP contribution in [0.3, 0.4) is 0 Å². The summed E-state index contributed by atoms with van der Waals surface area (Å²) in [5.41, 5.74) is 8.22. The Bertz CT molecular complexity index is 384. The molecular weight excluding hydrogens is 288 g/mol. The van der Waals surface area contributed by atoms with Gasteiger partial charge < -0.3 is 5.73 Å². The maximum Gasteiger partial charge on any atom is 0.0371 e. The first-order valence-corrected chi connectivity index (χ1v) is 7.74. The minimum atomic E-state index is 0.903. The Balaban J connectivity index is 1.87. The first-order valence-electron chi connectivity index (χ1n) is 6.95. The predicted molar refractivity (Wildman–Crippen MR) is 81.5 cm³/mol. The number of piperidine rings is 1. The lowest BCUT2D eigenvalue weighted by Crippen LogP contribution is -2.33. The van der Waals surface area contributed by atoms with Gasteiger partial charge in [0.05, 0.1) is 0 Å². The molecule has 0 radical (unpaired) electrons. The zero-order valence-corrected chi connectivity index (χ0v) is 12.7. The maximum atomic E-state index is 6.06. The van der Waals surface area contributed by atoms with Gasteiger partial charge in [0.15, 0.2) is 0 Å². The summed E-state index contributed by atoms with van der Waals surface area (Å²) in [4.78, 5) is 2.53. The zero-order valence-electron chi connectivity index (χ0n) is 11.2. The molecule has 2 N–H and O–H groups in total. The molecule has 1 aliphatic heterocycles. The van der Waals surface area contributed by atoms with Gasteiger partial charge in [0, 0.05) is 16.7 Å². The smallest absolute Gasteiger partial charge is 0.0371 e. The molecule has 1 aromatic carbocycles. The van der Waals surface area contributed by atoms with Crippen LogP contribution in [0.15, 0.2) is 22.7 Å². The van der Waals surface area contributed by atoms with E-state index in [1.807, 2.05) is 6.07 Å². The SMILES string of the molecule is CCCC1CCN(Cc2ccc(Br)cc2N)CC1. The monoisotopic (exact) mass is 310 g/mol. The molecule has 2 nitrogen and oxygen atoms in total. The summed E-state index contributed by atoms with van der Waals surface area (Å²) in [6, 6.07) is 6.21. The van der Waals surface area contributed by atoms with Crippen LogP contribution in [0.2, 0.25) is 0 Å². The summed E-state index contributed by atoms with van der Waals surface area (Å²) in [6.07, 6.45) is 5.42. The fourth-order valence-corrected chi connectivity index (χ4v) is 3.17. The van der Waals surface area contributed by atoms with Crippen LogP contribution in [0.25, 0.3) is 0 Å². The molecule has 1 saturated heterocycles. The summed E-state index contributed by atoms with van der Waals surface area (Å²) in [5.74, 6) is 0.952. The summed E-state index contributed by atoms with van der Waals surface area (Å²) < 4.78 is 1.06. The Hall–Kier alpha value is -0.540. The minimum Gasteiger partial charge on any atom is -0.398 e. The molecule has 0 saturated carbocycles. The standard InChI is InChI=1S/C15H23BrN2/c1-2-3-12-6-8-18(9-7-12)11-13-4-5-14(16)10-15(13)17/h4-5,10,12H,2-3,6-9,11,17H2,1H3. The number of halogens is 1. The Labute approximate surface area is 119 Å². The summed E-state index contributed by atoms with van der Waals surface area (Å²) >= 11 is 3.45. The van der Waals surface area contributed by atoms with Crippen molar-refractivity contribution in [2.45, 2.75) is 39.2 Å². The second-order valence-electron chi connectivity index (χ2n) is 5.35. The van der Waals surface area contributed by atoms with Gasteiger partial charge in [-0.25, -0.2) is 0 Å². The van der Waals surface area contributed by atoms with E-state index in [9.17, 15) is 0 Å². The molecule has 0 spiro atoms. The van der Waals surface area contributed by atoms with Gasteiger partial charge in [-0.15, -0.1) is 0 Å². The molecule has 1 heterocycles. The second kappa shape index (κ2) is 6.58. The van der Waals surface area contributed by atoms with Crippen LogP contribution in [0.4, 0.5) is 5.69 Å². The fourth-order valence-electron chi connectivity index (χ4n) is 2.79. The van der Waals surface area contributed by atoms with Gasteiger partial charge in [-0.05, 0) is 49.5 Å². The molecular formula is C15H23BrN2. The van der Waals surface area contributed by atoms with Crippen molar-refractivity contribution in [3.8, 4) is 0 Å². The molecule has 2 rings (SSSR count). The number of nitrogens with two attached hydrogens (primary N) is 1. The van der Waals surface area contributed by atoms with Crippen molar-refractivity contribution in [3.05, 3.63) is 28.2 Å². The summed E-state index contributed by atoms with van der Waals surface area (Å²) in [7, 11) is 0. The van der Waals surface area contributed by atoms with Gasteiger partial charge in [0.1, 0.15) is 0 Å². The largest absolute Gasteiger partial charge is 0.398 e. The highest BCUT2D eigenvalue weighted by Gasteiger charge is 2.18. The number of hydrogen-bond donors (Lipinski definition) is 1. The molecule has 1 aliphatic rings. The molecule has 1 fully saturated rings. The van der Waals surface area contributed by atoms with Gasteiger partial charge in [-0.1, -0.05) is 41.8 Å². The van der Waals surface area contributed by atoms with Crippen LogP contribution in [0.5, 0.6) is 0 Å². The molecule has 0 aliphatic carbocycles. The average molecular weight is 311 g/mol. The van der Waals surface area contributed by atoms with Crippen molar-refractivity contribution >= 4 is 21.6 Å². The number of hydrogen-bond acceptors (Lipinski definition) is 2. The first kappa shape index (κ1) is 13.9. The molecule has 0 aromatic heterocycles. The van der Waals surface area contributed by atoms with Gasteiger partial charge >= 0.3 is 0 Å². The van der Waals surface area contributed by atoms with Crippen molar-refractivity contribution in [3.63, 3.8) is 0 Å². The van der Waals surface area contributed by atoms with E-state index in [1.54, 1.807) is 0 Å². The van der Waals surface area contributed by atoms with Crippen LogP contribution < -0.4 is 5.73 Å². The van der Waals surface area contributed by atoms with Crippen LogP contribution in [-0.4, -0.2) is 18.0 Å². The van der Waals surface area contributed by atoms with E-state index in [0.29, 0.717) is 0 Å². The third-order valence-corrected chi connectivity index (χ3v) is 4.40. The molecule has 1 aromatic rings. The van der Waals surface area contributed by atoms with Gasteiger partial charge in [0.25, 0.3) is 0 Å². The lowest BCUT2D eigenvalue weighted by atomic mass is 9.92. The van der Waals surface area contributed by atoms with Crippen LogP contribution in [-0.2, 0) is 6.54 Å². The Morgan fingerprint density at radius 2 is 2.06 bits per heavy atom. The number of anilines is 1. The van der Waals surface area contributed by atoms with E-state index in [4.69, 9.17) is 5.73 Å². The topological polar surface area (TPSA) is 29.3 Å². The molecule has 18 heavy (non-hydrogen) atoms. The molecule has 3 heteroatoms. The van der Waals surface area contributed by atoms with E-state index >= 15 is 0 Å². The van der Waals surface area contributed by atoms with Gasteiger partial charge in [-0.3, -0.25) is 4.90 Å². The average Bonchev–Trinajstić information content (AvgIpc) is 2.35. The molecule has 0 bridgehead atoms. The normalized spacial score (nSPS) is 18.1. The van der Waals surface area contributed by atoms with Crippen molar-refractivity contribution < 1.29 is 0 Å². The Morgan fingerprint density at radius 1 is 1.33 bits per heavy atom. The summed E-state index contributed by atoms with van der Waals surface area (Å²) in [6.45, 7) is 5.73. The van der Waals surface area contributed by atoms with Crippen molar-refractivity contribution in [2.24, 2.45) is 5.92 Å². The minimum absolute atomic E-state index is 0.903. The number of nitrogen functional groups attached to an aromatic ring is 1. The Kier molecular flexibility index (Phi) is 5.07. The second-order valence-corrected chi connectivity index (χ2v) is 6.27. The van der Waals surface area contributed by atoms with Gasteiger partial charge in [0.2, 0.25) is 0 Å². The van der Waals surface area contributed by atoms with E-state index in [1.165, 1.54) is 44.3 Å². The van der Waals surface area contributed by atoms with Gasteiger partial charge in [-0.2, -0.15) is 0 Å². The predicted octanol–water partition coefficient (Wildman–Crippen LogP) is 4.04. The molecule has 0 amide bonds. The maximum absolute atomic E-state index is 6.06. The fraction of sp³-hybridized carbons (Fsp3) is 0.600. The quantitative estimate of drug-likeness (QED) is 0.850. The third-order valence-electron chi connectivity index (χ3n) is 3.91. The Morgan fingerprint density at radius 3 is 2.67 bits per heavy atom. The summed E-state index contributed by atoms with van der Waals surface area (Å²) in [5, 5.41) is 0. The number of likely N-dealkylation sites (tertiary alicyclic amines) is 1. The zero-order chi connectivity index (χ0) is 13.0. The molecule has 0 unspecified atom stereocenters. The number of nitrogens with zero attached hydrogens (tertiary/aromatic N) is 1. The van der Waals surface area contributed by atoms with Crippen molar-refractivity contribution in [1.29, 1.82) is 0 Å². The van der Waals surface area contributed by atoms with Crippen LogP contribution in [0, 0.1) is 5.92 Å². The number of benzene rings is 1. The highest BCUT2D eigenvalue weighted by atomic mass is 79.9. The van der Waals surface area contributed by atoms with Crippen LogP contribution >= 0.6 is 15.9 Å². The van der Waals surface area contributed by atoms with E-state index in [2.05, 4.69) is 39.9 Å².